The van der Waals surface area contributed by atoms with Gasteiger partial charge in [0.05, 0.1) is 24.8 Å². The summed E-state index contributed by atoms with van der Waals surface area (Å²) in [6.45, 7) is 7.45. The van der Waals surface area contributed by atoms with Gasteiger partial charge in [-0.1, -0.05) is 12.1 Å². The zero-order valence-corrected chi connectivity index (χ0v) is 20.5. The maximum atomic E-state index is 13.1. The van der Waals surface area contributed by atoms with Gasteiger partial charge in [-0.15, -0.1) is 0 Å². The SMILES string of the molecule is COc1ccnc(NCCCN2CCC(NC(=O)c3cccc4c3OC(C)(C)C4)C(OC)C2)n1. The fraction of sp³-hybridized carbons (Fsp3) is 0.560. The first kappa shape index (κ1) is 24.2. The minimum absolute atomic E-state index is 0.0395. The maximum Gasteiger partial charge on any atom is 0.255 e. The molecule has 0 saturated carbocycles. The van der Waals surface area contributed by atoms with E-state index in [0.29, 0.717) is 23.1 Å². The number of hydrogen-bond acceptors (Lipinski definition) is 8. The van der Waals surface area contributed by atoms with Crippen molar-refractivity contribution in [1.29, 1.82) is 0 Å². The molecule has 34 heavy (non-hydrogen) atoms. The molecule has 4 rings (SSSR count). The molecule has 9 heteroatoms. The van der Waals surface area contributed by atoms with Gasteiger partial charge < -0.3 is 29.7 Å². The molecule has 9 nitrogen and oxygen atoms in total. The van der Waals surface area contributed by atoms with Crippen LogP contribution in [-0.4, -0.2) is 78.9 Å². The zero-order valence-electron chi connectivity index (χ0n) is 20.5. The predicted molar refractivity (Wildman–Crippen MR) is 130 cm³/mol. The number of nitrogens with one attached hydrogen (secondary N) is 2. The molecule has 1 aromatic carbocycles. The number of ether oxygens (including phenoxy) is 3. The minimum Gasteiger partial charge on any atom is -0.486 e. The molecule has 1 fully saturated rings. The Bertz CT molecular complexity index is 999. The van der Waals surface area contributed by atoms with Gasteiger partial charge in [0.15, 0.2) is 0 Å². The number of methoxy groups -OCH3 is 2. The Morgan fingerprint density at radius 3 is 2.94 bits per heavy atom. The fourth-order valence-electron chi connectivity index (χ4n) is 4.67. The van der Waals surface area contributed by atoms with Crippen molar-refractivity contribution in [2.75, 3.05) is 45.7 Å². The van der Waals surface area contributed by atoms with Crippen LogP contribution in [-0.2, 0) is 11.2 Å². The lowest BCUT2D eigenvalue weighted by Gasteiger charge is -2.38. The monoisotopic (exact) mass is 469 g/mol. The first-order valence-corrected chi connectivity index (χ1v) is 11.9. The van der Waals surface area contributed by atoms with Crippen molar-refractivity contribution >= 4 is 11.9 Å². The maximum absolute atomic E-state index is 13.1. The summed E-state index contributed by atoms with van der Waals surface area (Å²) in [6, 6.07) is 7.48. The second-order valence-electron chi connectivity index (χ2n) is 9.48. The number of anilines is 1. The average molecular weight is 470 g/mol. The van der Waals surface area contributed by atoms with Crippen molar-refractivity contribution in [3.05, 3.63) is 41.6 Å². The van der Waals surface area contributed by atoms with Crippen LogP contribution in [0.5, 0.6) is 11.6 Å². The van der Waals surface area contributed by atoms with Crippen molar-refractivity contribution < 1.29 is 19.0 Å². The molecule has 2 aliphatic rings. The van der Waals surface area contributed by atoms with E-state index in [1.165, 1.54) is 0 Å². The highest BCUT2D eigenvalue weighted by molar-refractivity contribution is 5.97. The lowest BCUT2D eigenvalue weighted by atomic mass is 9.99. The summed E-state index contributed by atoms with van der Waals surface area (Å²) in [5, 5.41) is 6.44. The zero-order chi connectivity index (χ0) is 24.1. The number of para-hydroxylation sites is 1. The molecule has 2 unspecified atom stereocenters. The minimum atomic E-state index is -0.285. The van der Waals surface area contributed by atoms with E-state index in [0.717, 1.165) is 51.0 Å². The number of piperidine rings is 1. The molecule has 1 saturated heterocycles. The molecule has 1 aromatic heterocycles. The summed E-state index contributed by atoms with van der Waals surface area (Å²) in [5.41, 5.74) is 1.40. The first-order valence-electron chi connectivity index (χ1n) is 11.9. The number of carbonyl (C=O) groups is 1. The van der Waals surface area contributed by atoms with Gasteiger partial charge in [0, 0.05) is 45.4 Å². The molecule has 3 heterocycles. The summed E-state index contributed by atoms with van der Waals surface area (Å²) in [6.07, 6.45) is 4.19. The average Bonchev–Trinajstić information content (AvgIpc) is 3.16. The Morgan fingerprint density at radius 1 is 1.29 bits per heavy atom. The Balaban J connectivity index is 1.26. The van der Waals surface area contributed by atoms with Gasteiger partial charge in [0.25, 0.3) is 5.91 Å². The van der Waals surface area contributed by atoms with Crippen LogP contribution in [0.4, 0.5) is 5.95 Å². The number of likely N-dealkylation sites (tertiary alicyclic amines) is 1. The standard InChI is InChI=1S/C25H35N5O4/c1-25(2)15-17-7-5-8-18(22(17)34-25)23(31)28-19-10-14-30(16-20(19)32-3)13-6-11-26-24-27-12-9-21(29-24)33-4/h5,7-9,12,19-20H,6,10-11,13-16H2,1-4H3,(H,28,31)(H,26,27,29). The molecule has 0 spiro atoms. The highest BCUT2D eigenvalue weighted by Gasteiger charge is 2.35. The van der Waals surface area contributed by atoms with Crippen molar-refractivity contribution in [1.82, 2.24) is 20.2 Å². The third-order valence-corrected chi connectivity index (χ3v) is 6.37. The van der Waals surface area contributed by atoms with Crippen molar-refractivity contribution in [2.45, 2.75) is 50.9 Å². The second-order valence-corrected chi connectivity index (χ2v) is 9.48. The van der Waals surface area contributed by atoms with Gasteiger partial charge in [-0.2, -0.15) is 4.98 Å². The van der Waals surface area contributed by atoms with Gasteiger partial charge in [0.1, 0.15) is 11.4 Å². The van der Waals surface area contributed by atoms with Crippen molar-refractivity contribution in [2.24, 2.45) is 0 Å². The van der Waals surface area contributed by atoms with E-state index >= 15 is 0 Å². The van der Waals surface area contributed by atoms with E-state index in [2.05, 4.69) is 25.5 Å². The van der Waals surface area contributed by atoms with E-state index in [1.54, 1.807) is 26.5 Å². The van der Waals surface area contributed by atoms with E-state index < -0.39 is 0 Å². The third kappa shape index (κ3) is 5.77. The van der Waals surface area contributed by atoms with Crippen LogP contribution in [0, 0.1) is 0 Å². The summed E-state index contributed by atoms with van der Waals surface area (Å²) >= 11 is 0. The Hall–Kier alpha value is -2.91. The molecular weight excluding hydrogens is 434 g/mol. The van der Waals surface area contributed by atoms with Crippen LogP contribution in [0.3, 0.4) is 0 Å². The Kier molecular flexibility index (Phi) is 7.53. The summed E-state index contributed by atoms with van der Waals surface area (Å²) in [7, 11) is 3.30. The largest absolute Gasteiger partial charge is 0.486 e. The van der Waals surface area contributed by atoms with Crippen LogP contribution in [0.1, 0.15) is 42.6 Å². The van der Waals surface area contributed by atoms with E-state index in [9.17, 15) is 4.79 Å². The number of aromatic nitrogens is 2. The van der Waals surface area contributed by atoms with E-state index in [-0.39, 0.29) is 23.7 Å². The molecule has 184 valence electrons. The van der Waals surface area contributed by atoms with E-state index in [4.69, 9.17) is 14.2 Å². The molecule has 0 radical (unpaired) electrons. The lowest BCUT2D eigenvalue weighted by Crippen LogP contribution is -2.55. The van der Waals surface area contributed by atoms with Gasteiger partial charge >= 0.3 is 0 Å². The topological polar surface area (TPSA) is 97.8 Å². The van der Waals surface area contributed by atoms with Crippen molar-refractivity contribution in [3.8, 4) is 11.6 Å². The molecule has 2 atom stereocenters. The lowest BCUT2D eigenvalue weighted by molar-refractivity contribution is 0.00634. The summed E-state index contributed by atoms with van der Waals surface area (Å²) in [4.78, 5) is 24.0. The molecule has 2 aromatic rings. The quantitative estimate of drug-likeness (QED) is 0.541. The van der Waals surface area contributed by atoms with Gasteiger partial charge in [-0.05, 0) is 44.9 Å². The molecule has 0 bridgehead atoms. The Morgan fingerprint density at radius 2 is 2.15 bits per heavy atom. The number of rotatable bonds is 9. The summed E-state index contributed by atoms with van der Waals surface area (Å²) < 4.78 is 17.0. The van der Waals surface area contributed by atoms with Crippen LogP contribution in [0.2, 0.25) is 0 Å². The Labute approximate surface area is 201 Å². The van der Waals surface area contributed by atoms with E-state index in [1.807, 2.05) is 32.0 Å². The van der Waals surface area contributed by atoms with Crippen molar-refractivity contribution in [3.63, 3.8) is 0 Å². The normalized spacial score (nSPS) is 21.4. The molecule has 1 amide bonds. The van der Waals surface area contributed by atoms with Crippen LogP contribution < -0.4 is 20.1 Å². The first-order chi connectivity index (χ1) is 16.4. The van der Waals surface area contributed by atoms with Gasteiger partial charge in [0.2, 0.25) is 11.8 Å². The number of fused-ring (bicyclic) bond motifs is 1. The van der Waals surface area contributed by atoms with Crippen LogP contribution in [0.25, 0.3) is 0 Å². The number of benzene rings is 1. The third-order valence-electron chi connectivity index (χ3n) is 6.37. The van der Waals surface area contributed by atoms with Crippen LogP contribution in [0.15, 0.2) is 30.5 Å². The predicted octanol–water partition coefficient (Wildman–Crippen LogP) is 2.52. The molecule has 2 aliphatic heterocycles. The summed E-state index contributed by atoms with van der Waals surface area (Å²) in [5.74, 6) is 1.72. The van der Waals surface area contributed by atoms with Gasteiger partial charge in [-0.3, -0.25) is 4.79 Å². The highest BCUT2D eigenvalue weighted by Crippen LogP contribution is 2.37. The van der Waals surface area contributed by atoms with Crippen LogP contribution >= 0.6 is 0 Å². The second kappa shape index (κ2) is 10.6. The van der Waals surface area contributed by atoms with Gasteiger partial charge in [-0.25, -0.2) is 4.98 Å². The number of nitrogens with zero attached hydrogens (tertiary/aromatic N) is 3. The molecular formula is C25H35N5O4. The fourth-order valence-corrected chi connectivity index (χ4v) is 4.67. The molecule has 0 aliphatic carbocycles. The number of hydrogen-bond donors (Lipinski definition) is 2. The number of amides is 1. The number of carbonyl (C=O) groups excluding carboxylic acids is 1. The molecule has 2 N–H and O–H groups in total. The smallest absolute Gasteiger partial charge is 0.255 e. The highest BCUT2D eigenvalue weighted by atomic mass is 16.5.